The van der Waals surface area contributed by atoms with Crippen molar-refractivity contribution in [1.82, 2.24) is 16.0 Å². The Morgan fingerprint density at radius 3 is 2.42 bits per heavy atom. The van der Waals surface area contributed by atoms with E-state index >= 15 is 0 Å². The Morgan fingerprint density at radius 2 is 1.88 bits per heavy atom. The Balaban J connectivity index is 4.69. The number of hydrogen-bond donors (Lipinski definition) is 6. The summed E-state index contributed by atoms with van der Waals surface area (Å²) in [5, 5.41) is 24.8. The van der Waals surface area contributed by atoms with Crippen LogP contribution in [0, 0.1) is 0 Å². The summed E-state index contributed by atoms with van der Waals surface area (Å²) in [7, 11) is 0. The van der Waals surface area contributed by atoms with Crippen LogP contribution >= 0.6 is 24.0 Å². The van der Waals surface area contributed by atoms with Crippen LogP contribution < -0.4 is 21.7 Å². The number of carbonyl (C=O) groups excluding carboxylic acids is 2. The van der Waals surface area contributed by atoms with E-state index in [9.17, 15) is 19.2 Å². The van der Waals surface area contributed by atoms with E-state index in [1.165, 1.54) is 0 Å². The van der Waals surface area contributed by atoms with Gasteiger partial charge in [-0.15, -0.1) is 6.58 Å². The Kier molecular flexibility index (Phi) is 12.0. The highest BCUT2D eigenvalue weighted by molar-refractivity contribution is 8.23. The van der Waals surface area contributed by atoms with E-state index in [1.807, 2.05) is 0 Å². The van der Waals surface area contributed by atoms with Crippen LogP contribution in [-0.2, 0) is 19.2 Å². The molecule has 26 heavy (non-hydrogen) atoms. The molecule has 7 N–H and O–H groups in total. The van der Waals surface area contributed by atoms with Gasteiger partial charge in [-0.05, 0) is 6.42 Å². The van der Waals surface area contributed by atoms with Gasteiger partial charge in [-0.2, -0.15) is 0 Å². The Morgan fingerprint density at radius 1 is 1.23 bits per heavy atom. The van der Waals surface area contributed by atoms with Crippen molar-refractivity contribution < 1.29 is 29.4 Å². The zero-order valence-corrected chi connectivity index (χ0v) is 15.5. The quantitative estimate of drug-likeness (QED) is 0.168. The third kappa shape index (κ3) is 11.4. The molecule has 0 saturated heterocycles. The van der Waals surface area contributed by atoms with Gasteiger partial charge >= 0.3 is 11.9 Å². The molecular weight excluding hydrogens is 384 g/mol. The van der Waals surface area contributed by atoms with E-state index in [0.717, 1.165) is 11.8 Å². The van der Waals surface area contributed by atoms with Gasteiger partial charge < -0.3 is 31.9 Å². The van der Waals surface area contributed by atoms with Gasteiger partial charge in [0.05, 0.1) is 0 Å². The Bertz CT molecular complexity index is 558. The second-order valence-corrected chi connectivity index (χ2v) is 6.68. The summed E-state index contributed by atoms with van der Waals surface area (Å²) >= 11 is 6.13. The zero-order valence-electron chi connectivity index (χ0n) is 13.9. The fourth-order valence-electron chi connectivity index (χ4n) is 1.51. The lowest BCUT2D eigenvalue weighted by Crippen LogP contribution is -2.49. The Labute approximate surface area is 159 Å². The van der Waals surface area contributed by atoms with E-state index < -0.39 is 42.4 Å². The third-order valence-electron chi connectivity index (χ3n) is 2.84. The van der Waals surface area contributed by atoms with Crippen molar-refractivity contribution >= 4 is 52.1 Å². The van der Waals surface area contributed by atoms with Crippen LogP contribution in [0.5, 0.6) is 0 Å². The van der Waals surface area contributed by atoms with Crippen molar-refractivity contribution in [3.8, 4) is 0 Å². The van der Waals surface area contributed by atoms with Crippen molar-refractivity contribution in [1.29, 1.82) is 0 Å². The second-order valence-electron chi connectivity index (χ2n) is 4.98. The lowest BCUT2D eigenvalue weighted by atomic mass is 10.1. The van der Waals surface area contributed by atoms with Crippen LogP contribution in [0.4, 0.5) is 0 Å². The number of thioether (sulfide) groups is 1. The molecule has 2 atom stereocenters. The Hall–Kier alpha value is -2.18. The first-order valence-corrected chi connectivity index (χ1v) is 8.85. The van der Waals surface area contributed by atoms with Crippen molar-refractivity contribution in [2.75, 3.05) is 18.8 Å². The monoisotopic (exact) mass is 406 g/mol. The first kappa shape index (κ1) is 23.8. The van der Waals surface area contributed by atoms with Gasteiger partial charge in [0.25, 0.3) is 0 Å². The summed E-state index contributed by atoms with van der Waals surface area (Å²) in [4.78, 5) is 45.2. The summed E-state index contributed by atoms with van der Waals surface area (Å²) in [5.74, 6) is -3.68. The lowest BCUT2D eigenvalue weighted by Gasteiger charge is -2.18. The van der Waals surface area contributed by atoms with Crippen LogP contribution in [0.15, 0.2) is 12.7 Å². The predicted octanol–water partition coefficient (Wildman–Crippen LogP) is -1.34. The van der Waals surface area contributed by atoms with E-state index in [0.29, 0.717) is 10.9 Å². The number of thiocarbonyl (C=S) groups is 1. The number of hydrogen-bond acceptors (Lipinski definition) is 7. The third-order valence-corrected chi connectivity index (χ3v) is 4.24. The molecule has 0 saturated carbocycles. The molecule has 0 aromatic heterocycles. The van der Waals surface area contributed by atoms with Gasteiger partial charge in [0.1, 0.15) is 22.9 Å². The smallest absolute Gasteiger partial charge is 0.322 e. The number of nitrogens with two attached hydrogens (primary N) is 1. The lowest BCUT2D eigenvalue weighted by molar-refractivity contribution is -0.139. The first-order valence-electron chi connectivity index (χ1n) is 7.46. The SMILES string of the molecule is C=CCNC(=S)SC[C@H](NC(=O)CC[C@H](N)C(=O)O)C(=O)NCC(=O)O. The molecule has 0 spiro atoms. The van der Waals surface area contributed by atoms with Gasteiger partial charge in [-0.3, -0.25) is 19.2 Å². The van der Waals surface area contributed by atoms with Crippen molar-refractivity contribution in [2.24, 2.45) is 5.73 Å². The zero-order chi connectivity index (χ0) is 20.1. The van der Waals surface area contributed by atoms with E-state index in [2.05, 4.69) is 22.5 Å². The molecule has 146 valence electrons. The van der Waals surface area contributed by atoms with Gasteiger partial charge in [-0.1, -0.05) is 30.1 Å². The van der Waals surface area contributed by atoms with E-state index in [-0.39, 0.29) is 18.6 Å². The fraction of sp³-hybridized carbons (Fsp3) is 0.500. The predicted molar refractivity (Wildman–Crippen MR) is 101 cm³/mol. The highest BCUT2D eigenvalue weighted by Crippen LogP contribution is 2.06. The maximum atomic E-state index is 12.1. The minimum Gasteiger partial charge on any atom is -0.480 e. The molecular formula is C14H22N4O6S2. The maximum absolute atomic E-state index is 12.1. The van der Waals surface area contributed by atoms with Gasteiger partial charge in [-0.25, -0.2) is 0 Å². The van der Waals surface area contributed by atoms with Gasteiger partial charge in [0.2, 0.25) is 11.8 Å². The summed E-state index contributed by atoms with van der Waals surface area (Å²) in [6, 6.07) is -2.23. The summed E-state index contributed by atoms with van der Waals surface area (Å²) < 4.78 is 0.378. The molecule has 0 heterocycles. The second kappa shape index (κ2) is 13.1. The topological polar surface area (TPSA) is 171 Å². The minimum atomic E-state index is -1.23. The molecule has 0 bridgehead atoms. The highest BCUT2D eigenvalue weighted by atomic mass is 32.2. The summed E-state index contributed by atoms with van der Waals surface area (Å²) in [6.45, 7) is 3.36. The van der Waals surface area contributed by atoms with Crippen LogP contribution in [0.3, 0.4) is 0 Å². The molecule has 0 radical (unpaired) electrons. The summed E-state index contributed by atoms with van der Waals surface area (Å²) in [5.41, 5.74) is 5.32. The van der Waals surface area contributed by atoms with Crippen LogP contribution in [-0.4, -0.2) is 69.2 Å². The molecule has 12 heteroatoms. The first-order chi connectivity index (χ1) is 12.2. The molecule has 0 aliphatic carbocycles. The number of nitrogens with one attached hydrogen (secondary N) is 3. The van der Waals surface area contributed by atoms with Gasteiger partial charge in [0, 0.05) is 18.7 Å². The number of aliphatic carboxylic acids is 2. The molecule has 10 nitrogen and oxygen atoms in total. The highest BCUT2D eigenvalue weighted by Gasteiger charge is 2.23. The van der Waals surface area contributed by atoms with Crippen LogP contribution in [0.25, 0.3) is 0 Å². The van der Waals surface area contributed by atoms with Crippen molar-refractivity contribution in [2.45, 2.75) is 24.9 Å². The standard InChI is InChI=1S/C14H22N4O6S2/c1-2-5-16-14(25)26-7-9(12(22)17-6-11(20)21)18-10(19)4-3-8(15)13(23)24/h2,8-9H,1,3-7,15H2,(H,16,25)(H,17,22)(H,18,19)(H,20,21)(H,23,24)/t8-,9-/m0/s1. The average molecular weight is 406 g/mol. The molecule has 0 aliphatic rings. The van der Waals surface area contributed by atoms with Crippen molar-refractivity contribution in [3.05, 3.63) is 12.7 Å². The largest absolute Gasteiger partial charge is 0.480 e. The van der Waals surface area contributed by atoms with Gasteiger partial charge in [0.15, 0.2) is 0 Å². The number of rotatable bonds is 12. The molecule has 2 amide bonds. The number of carbonyl (C=O) groups is 4. The number of carboxylic acid groups (broad SMARTS) is 2. The molecule has 0 unspecified atom stereocenters. The van der Waals surface area contributed by atoms with Crippen LogP contribution in [0.1, 0.15) is 12.8 Å². The number of carboxylic acids is 2. The van der Waals surface area contributed by atoms with Crippen LogP contribution in [0.2, 0.25) is 0 Å². The fourth-order valence-corrected chi connectivity index (χ4v) is 2.54. The van der Waals surface area contributed by atoms with Crippen molar-refractivity contribution in [3.63, 3.8) is 0 Å². The maximum Gasteiger partial charge on any atom is 0.322 e. The van der Waals surface area contributed by atoms with E-state index in [4.69, 9.17) is 28.2 Å². The minimum absolute atomic E-state index is 0.0607. The average Bonchev–Trinajstić information content (AvgIpc) is 2.58. The molecule has 0 aromatic carbocycles. The number of amides is 2. The molecule has 0 fully saturated rings. The van der Waals surface area contributed by atoms with E-state index in [1.54, 1.807) is 6.08 Å². The molecule has 0 rings (SSSR count). The normalized spacial score (nSPS) is 12.3. The molecule has 0 aliphatic heterocycles. The molecule has 0 aromatic rings. The summed E-state index contributed by atoms with van der Waals surface area (Å²) in [6.07, 6.45) is 1.30.